The molecule has 0 aliphatic carbocycles. The number of benzene rings is 1. The van der Waals surface area contributed by atoms with Crippen molar-refractivity contribution in [2.45, 2.75) is 12.8 Å². The van der Waals surface area contributed by atoms with Gasteiger partial charge in [-0.2, -0.15) is 5.26 Å². The first-order valence-corrected chi connectivity index (χ1v) is 5.24. The molecule has 0 N–H and O–H groups in total. The summed E-state index contributed by atoms with van der Waals surface area (Å²) in [6.07, 6.45) is 0.343. The summed E-state index contributed by atoms with van der Waals surface area (Å²) in [4.78, 5) is 23.5. The van der Waals surface area contributed by atoms with Gasteiger partial charge in [0, 0.05) is 12.0 Å². The Morgan fingerprint density at radius 2 is 2.00 bits per heavy atom. The molecule has 88 valence electrons. The van der Waals surface area contributed by atoms with Crippen molar-refractivity contribution in [3.8, 4) is 6.07 Å². The molecule has 0 amide bonds. The molecule has 1 atom stereocenters. The van der Waals surface area contributed by atoms with Gasteiger partial charge in [-0.3, -0.25) is 9.59 Å². The zero-order valence-electron chi connectivity index (χ0n) is 9.55. The number of hydrogen-bond donors (Lipinski definition) is 0. The Morgan fingerprint density at radius 1 is 1.35 bits per heavy atom. The van der Waals surface area contributed by atoms with Gasteiger partial charge in [0.05, 0.1) is 13.2 Å². The Bertz CT molecular complexity index is 434. The molecule has 0 saturated heterocycles. The van der Waals surface area contributed by atoms with Crippen molar-refractivity contribution in [3.63, 3.8) is 0 Å². The topological polar surface area (TPSA) is 67.2 Å². The summed E-state index contributed by atoms with van der Waals surface area (Å²) in [6.45, 7) is 0. The third-order valence-electron chi connectivity index (χ3n) is 2.41. The van der Waals surface area contributed by atoms with Crippen molar-refractivity contribution in [3.05, 3.63) is 35.9 Å². The van der Waals surface area contributed by atoms with E-state index in [0.29, 0.717) is 5.56 Å². The van der Waals surface area contributed by atoms with E-state index >= 15 is 0 Å². The normalized spacial score (nSPS) is 11.3. The largest absolute Gasteiger partial charge is 0.468 e. The van der Waals surface area contributed by atoms with Crippen LogP contribution in [0, 0.1) is 17.2 Å². The van der Waals surface area contributed by atoms with E-state index < -0.39 is 11.9 Å². The molecule has 0 fully saturated rings. The van der Waals surface area contributed by atoms with E-state index in [2.05, 4.69) is 4.74 Å². The number of nitriles is 1. The molecule has 4 nitrogen and oxygen atoms in total. The molecule has 1 rings (SSSR count). The summed E-state index contributed by atoms with van der Waals surface area (Å²) in [5.74, 6) is -1.77. The fourth-order valence-corrected chi connectivity index (χ4v) is 1.51. The number of carbonyl (C=O) groups excluding carboxylic acids is 2. The standard InChI is InChI=1S/C13H13NO3/c1-17-13(16)11(8-5-9-14)12(15)10-6-3-2-4-7-10/h2-4,6-7,11H,5,8H2,1H3. The maximum Gasteiger partial charge on any atom is 0.316 e. The molecule has 0 spiro atoms. The Kier molecular flexibility index (Phi) is 4.89. The second-order valence-corrected chi connectivity index (χ2v) is 3.50. The fraction of sp³-hybridized carbons (Fsp3) is 0.308. The van der Waals surface area contributed by atoms with Gasteiger partial charge >= 0.3 is 5.97 Å². The maximum absolute atomic E-state index is 12.0. The molecular formula is C13H13NO3. The maximum atomic E-state index is 12.0. The molecule has 0 aliphatic heterocycles. The number of carbonyl (C=O) groups is 2. The van der Waals surface area contributed by atoms with Crippen LogP contribution in [0.5, 0.6) is 0 Å². The Labute approximate surface area is 99.8 Å². The van der Waals surface area contributed by atoms with Gasteiger partial charge in [0.2, 0.25) is 0 Å². The van der Waals surface area contributed by atoms with E-state index in [-0.39, 0.29) is 18.6 Å². The number of nitrogens with zero attached hydrogens (tertiary/aromatic N) is 1. The van der Waals surface area contributed by atoms with Crippen molar-refractivity contribution in [1.29, 1.82) is 5.26 Å². The number of rotatable bonds is 5. The lowest BCUT2D eigenvalue weighted by Crippen LogP contribution is -2.25. The highest BCUT2D eigenvalue weighted by atomic mass is 16.5. The molecular weight excluding hydrogens is 218 g/mol. The van der Waals surface area contributed by atoms with Crippen molar-refractivity contribution >= 4 is 11.8 Å². The van der Waals surface area contributed by atoms with E-state index in [0.717, 1.165) is 0 Å². The van der Waals surface area contributed by atoms with E-state index in [9.17, 15) is 9.59 Å². The molecule has 0 aromatic heterocycles. The monoisotopic (exact) mass is 231 g/mol. The summed E-state index contributed by atoms with van der Waals surface area (Å²) in [7, 11) is 1.24. The van der Waals surface area contributed by atoms with E-state index in [1.165, 1.54) is 7.11 Å². The fourth-order valence-electron chi connectivity index (χ4n) is 1.51. The lowest BCUT2D eigenvalue weighted by molar-refractivity contribution is -0.143. The molecule has 1 unspecified atom stereocenters. The Hall–Kier alpha value is -2.15. The SMILES string of the molecule is COC(=O)C(CCC#N)C(=O)c1ccccc1. The van der Waals surface area contributed by atoms with Crippen LogP contribution in [0.2, 0.25) is 0 Å². The van der Waals surface area contributed by atoms with Crippen LogP contribution in [-0.2, 0) is 9.53 Å². The van der Waals surface area contributed by atoms with Gasteiger partial charge in [0.15, 0.2) is 5.78 Å². The molecule has 0 aliphatic rings. The van der Waals surface area contributed by atoms with E-state index in [1.807, 2.05) is 6.07 Å². The molecule has 0 saturated carbocycles. The molecule has 1 aromatic carbocycles. The van der Waals surface area contributed by atoms with Gasteiger partial charge in [-0.1, -0.05) is 30.3 Å². The van der Waals surface area contributed by atoms with Crippen LogP contribution in [0.4, 0.5) is 0 Å². The van der Waals surface area contributed by atoms with Gasteiger partial charge in [-0.15, -0.1) is 0 Å². The van der Waals surface area contributed by atoms with Crippen molar-refractivity contribution in [2.75, 3.05) is 7.11 Å². The smallest absolute Gasteiger partial charge is 0.316 e. The van der Waals surface area contributed by atoms with Crippen LogP contribution in [0.15, 0.2) is 30.3 Å². The van der Waals surface area contributed by atoms with Crippen LogP contribution in [0.3, 0.4) is 0 Å². The van der Waals surface area contributed by atoms with Crippen molar-refractivity contribution in [1.82, 2.24) is 0 Å². The molecule has 0 bridgehead atoms. The number of esters is 1. The molecule has 17 heavy (non-hydrogen) atoms. The van der Waals surface area contributed by atoms with Crippen LogP contribution >= 0.6 is 0 Å². The number of methoxy groups -OCH3 is 1. The Balaban J connectivity index is 2.87. The number of ketones is 1. The van der Waals surface area contributed by atoms with Crippen LogP contribution in [-0.4, -0.2) is 18.9 Å². The summed E-state index contributed by atoms with van der Waals surface area (Å²) < 4.78 is 4.58. The van der Waals surface area contributed by atoms with E-state index in [1.54, 1.807) is 30.3 Å². The Morgan fingerprint density at radius 3 is 2.53 bits per heavy atom. The van der Waals surface area contributed by atoms with Gasteiger partial charge in [0.1, 0.15) is 5.92 Å². The number of Topliss-reactive ketones (excluding diaryl/α,β-unsaturated/α-hetero) is 1. The summed E-state index contributed by atoms with van der Waals surface area (Å²) in [5.41, 5.74) is 0.459. The number of ether oxygens (including phenoxy) is 1. The molecule has 0 radical (unpaired) electrons. The molecule has 1 aromatic rings. The van der Waals surface area contributed by atoms with E-state index in [4.69, 9.17) is 5.26 Å². The second-order valence-electron chi connectivity index (χ2n) is 3.50. The minimum absolute atomic E-state index is 0.151. The zero-order chi connectivity index (χ0) is 12.7. The summed E-state index contributed by atoms with van der Waals surface area (Å²) >= 11 is 0. The average Bonchev–Trinajstić information content (AvgIpc) is 2.39. The lowest BCUT2D eigenvalue weighted by atomic mass is 9.93. The van der Waals surface area contributed by atoms with Gasteiger partial charge < -0.3 is 4.74 Å². The quantitative estimate of drug-likeness (QED) is 0.441. The van der Waals surface area contributed by atoms with Crippen LogP contribution < -0.4 is 0 Å². The first kappa shape index (κ1) is 12.9. The van der Waals surface area contributed by atoms with Gasteiger partial charge in [-0.05, 0) is 6.42 Å². The van der Waals surface area contributed by atoms with Gasteiger partial charge in [-0.25, -0.2) is 0 Å². The average molecular weight is 231 g/mol. The third kappa shape index (κ3) is 3.42. The first-order valence-electron chi connectivity index (χ1n) is 5.24. The highest BCUT2D eigenvalue weighted by Gasteiger charge is 2.27. The minimum Gasteiger partial charge on any atom is -0.468 e. The predicted molar refractivity (Wildman–Crippen MR) is 61.1 cm³/mol. The second kappa shape index (κ2) is 6.44. The van der Waals surface area contributed by atoms with Crippen molar-refractivity contribution in [2.24, 2.45) is 5.92 Å². The molecule has 0 heterocycles. The predicted octanol–water partition coefficient (Wildman–Crippen LogP) is 1.96. The van der Waals surface area contributed by atoms with Gasteiger partial charge in [0.25, 0.3) is 0 Å². The third-order valence-corrected chi connectivity index (χ3v) is 2.41. The first-order chi connectivity index (χ1) is 8.20. The van der Waals surface area contributed by atoms with Crippen LogP contribution in [0.1, 0.15) is 23.2 Å². The highest BCUT2D eigenvalue weighted by Crippen LogP contribution is 2.15. The minimum atomic E-state index is -0.887. The molecule has 4 heteroatoms. The summed E-state index contributed by atoms with van der Waals surface area (Å²) in [6, 6.07) is 10.5. The lowest BCUT2D eigenvalue weighted by Gasteiger charge is -2.11. The van der Waals surface area contributed by atoms with Crippen molar-refractivity contribution < 1.29 is 14.3 Å². The summed E-state index contributed by atoms with van der Waals surface area (Å²) in [5, 5.41) is 8.51. The highest BCUT2D eigenvalue weighted by molar-refractivity contribution is 6.08. The van der Waals surface area contributed by atoms with Crippen LogP contribution in [0.25, 0.3) is 0 Å². The zero-order valence-corrected chi connectivity index (χ0v) is 9.55. The number of hydrogen-bond acceptors (Lipinski definition) is 4.